The number of halogens is 3. The van der Waals surface area contributed by atoms with Crippen molar-refractivity contribution in [2.24, 2.45) is 4.99 Å². The number of fused-ring (bicyclic) bond motifs is 7. The molecule has 6 aromatic carbocycles. The molecule has 44 heavy (non-hydrogen) atoms. The number of aliphatic imine (C=N–C) groups is 1. The van der Waals surface area contributed by atoms with E-state index in [9.17, 15) is 13.2 Å². The Balaban J connectivity index is 1.28. The van der Waals surface area contributed by atoms with Crippen LogP contribution in [0.5, 0.6) is 0 Å². The first-order valence-corrected chi connectivity index (χ1v) is 15.6. The highest BCUT2D eigenvalue weighted by Gasteiger charge is 2.31. The Morgan fingerprint density at radius 2 is 1.27 bits per heavy atom. The summed E-state index contributed by atoms with van der Waals surface area (Å²) in [6, 6.07) is 39.7. The average molecular weight is 598 g/mol. The van der Waals surface area contributed by atoms with Crippen LogP contribution in [0, 0.1) is 0 Å². The molecule has 1 aliphatic heterocycles. The van der Waals surface area contributed by atoms with Gasteiger partial charge in [-0.05, 0) is 97.9 Å². The molecule has 0 amide bonds. The number of hydrogen-bond donors (Lipinski definition) is 0. The van der Waals surface area contributed by atoms with Crippen molar-refractivity contribution in [2.75, 3.05) is 0 Å². The fourth-order valence-electron chi connectivity index (χ4n) is 6.69. The number of hydrogen-bond acceptors (Lipinski definition) is 2. The first kappa shape index (κ1) is 26.9. The van der Waals surface area contributed by atoms with Gasteiger partial charge in [-0.3, -0.25) is 4.99 Å². The van der Waals surface area contributed by atoms with Crippen LogP contribution < -0.4 is 0 Å². The first-order chi connectivity index (χ1) is 21.4. The summed E-state index contributed by atoms with van der Waals surface area (Å²) >= 11 is 1.74. The second-order valence-corrected chi connectivity index (χ2v) is 12.3. The van der Waals surface area contributed by atoms with Crippen molar-refractivity contribution in [1.82, 2.24) is 0 Å². The Morgan fingerprint density at radius 3 is 2.00 bits per heavy atom. The van der Waals surface area contributed by atoms with Gasteiger partial charge in [0.25, 0.3) is 0 Å². The van der Waals surface area contributed by atoms with Crippen LogP contribution in [0.25, 0.3) is 42.8 Å². The van der Waals surface area contributed by atoms with Crippen molar-refractivity contribution in [1.29, 1.82) is 0 Å². The second kappa shape index (κ2) is 10.5. The van der Waals surface area contributed by atoms with Crippen LogP contribution in [-0.2, 0) is 6.18 Å². The van der Waals surface area contributed by atoms with Gasteiger partial charge in [-0.1, -0.05) is 91.0 Å². The van der Waals surface area contributed by atoms with Gasteiger partial charge in [0.15, 0.2) is 0 Å². The third kappa shape index (κ3) is 4.59. The molecule has 1 aliphatic rings. The normalized spacial score (nSPS) is 15.3. The highest BCUT2D eigenvalue weighted by atomic mass is 32.1. The number of thiophene rings is 1. The van der Waals surface area contributed by atoms with Gasteiger partial charge in [0.2, 0.25) is 0 Å². The summed E-state index contributed by atoms with van der Waals surface area (Å²) in [5.74, 6) is -0.111. The molecule has 0 aliphatic carbocycles. The van der Waals surface area contributed by atoms with Crippen LogP contribution in [-0.4, -0.2) is 5.71 Å². The smallest absolute Gasteiger partial charge is 0.252 e. The molecule has 5 heteroatoms. The molecule has 0 spiro atoms. The Hall–Kier alpha value is -4.74. The molecule has 1 nitrogen and oxygen atoms in total. The van der Waals surface area contributed by atoms with E-state index >= 15 is 0 Å². The summed E-state index contributed by atoms with van der Waals surface area (Å²) in [5.41, 5.74) is 6.59. The minimum atomic E-state index is -4.37. The van der Waals surface area contributed by atoms with E-state index in [1.54, 1.807) is 23.5 Å². The minimum Gasteiger partial charge on any atom is -0.252 e. The molecule has 0 saturated carbocycles. The number of rotatable bonds is 3. The molecule has 2 heterocycles. The highest BCUT2D eigenvalue weighted by Crippen LogP contribution is 2.48. The standard InChI is InChI=1S/C39H26F3NS/c40-39(41,42)29-16-13-25(14-17-29)30-18-19-35(26-11-9-24(10-12-26)27-15-20-36-28(23-27)21-22-44-36)43-38-34-8-4-2-6-32(34)31-5-1-3-7-33(31)37(30)38/h1-17,20-23,30H,18-19H2. The molecule has 1 unspecified atom stereocenters. The Labute approximate surface area is 256 Å². The van der Waals surface area contributed by atoms with Crippen molar-refractivity contribution in [2.45, 2.75) is 24.9 Å². The van der Waals surface area contributed by atoms with Gasteiger partial charge in [-0.2, -0.15) is 13.2 Å². The monoisotopic (exact) mass is 597 g/mol. The van der Waals surface area contributed by atoms with Gasteiger partial charge >= 0.3 is 6.18 Å². The number of alkyl halides is 3. The van der Waals surface area contributed by atoms with E-state index in [2.05, 4.69) is 78.2 Å². The van der Waals surface area contributed by atoms with E-state index in [-0.39, 0.29) is 5.92 Å². The van der Waals surface area contributed by atoms with Crippen LogP contribution in [0.4, 0.5) is 18.9 Å². The predicted octanol–water partition coefficient (Wildman–Crippen LogP) is 11.9. The fraction of sp³-hybridized carbons (Fsp3) is 0.103. The third-order valence-electron chi connectivity index (χ3n) is 8.85. The van der Waals surface area contributed by atoms with Crippen LogP contribution in [0.1, 0.15) is 41.0 Å². The molecular formula is C39H26F3NS. The lowest BCUT2D eigenvalue weighted by atomic mass is 9.82. The fourth-order valence-corrected chi connectivity index (χ4v) is 7.46. The Morgan fingerprint density at radius 1 is 0.636 bits per heavy atom. The molecule has 1 aromatic heterocycles. The summed E-state index contributed by atoms with van der Waals surface area (Å²) < 4.78 is 41.7. The SMILES string of the molecule is FC(F)(F)c1ccc(C2CCC(c3ccc(-c4ccc5sccc5c4)cc3)=Nc3c2c2ccccc2c2ccccc32)cc1. The summed E-state index contributed by atoms with van der Waals surface area (Å²) in [5, 5.41) is 7.76. The predicted molar refractivity (Wildman–Crippen MR) is 177 cm³/mol. The highest BCUT2D eigenvalue weighted by molar-refractivity contribution is 7.17. The van der Waals surface area contributed by atoms with E-state index in [1.165, 1.54) is 27.8 Å². The molecule has 0 bridgehead atoms. The Bertz CT molecular complexity index is 2210. The van der Waals surface area contributed by atoms with E-state index in [0.717, 1.165) is 61.6 Å². The largest absolute Gasteiger partial charge is 0.416 e. The van der Waals surface area contributed by atoms with E-state index in [1.807, 2.05) is 24.3 Å². The van der Waals surface area contributed by atoms with Crippen LogP contribution in [0.15, 0.2) is 132 Å². The molecule has 1 atom stereocenters. The van der Waals surface area contributed by atoms with E-state index in [4.69, 9.17) is 4.99 Å². The first-order valence-electron chi connectivity index (χ1n) is 14.7. The Kier molecular flexibility index (Phi) is 6.38. The van der Waals surface area contributed by atoms with Gasteiger partial charge < -0.3 is 0 Å². The zero-order valence-corrected chi connectivity index (χ0v) is 24.4. The quantitative estimate of drug-likeness (QED) is 0.180. The molecule has 0 radical (unpaired) electrons. The van der Waals surface area contributed by atoms with Gasteiger partial charge in [0, 0.05) is 21.7 Å². The maximum absolute atomic E-state index is 13.5. The zero-order chi connectivity index (χ0) is 29.8. The van der Waals surface area contributed by atoms with Crippen LogP contribution in [0.3, 0.4) is 0 Å². The molecule has 0 N–H and O–H groups in total. The second-order valence-electron chi connectivity index (χ2n) is 11.4. The lowest BCUT2D eigenvalue weighted by Gasteiger charge is -2.22. The summed E-state index contributed by atoms with van der Waals surface area (Å²) in [4.78, 5) is 5.39. The topological polar surface area (TPSA) is 12.4 Å². The van der Waals surface area contributed by atoms with Crippen molar-refractivity contribution in [3.63, 3.8) is 0 Å². The number of benzene rings is 6. The van der Waals surface area contributed by atoms with Crippen molar-refractivity contribution in [3.8, 4) is 11.1 Å². The molecule has 0 fully saturated rings. The van der Waals surface area contributed by atoms with Crippen molar-refractivity contribution < 1.29 is 13.2 Å². The van der Waals surface area contributed by atoms with E-state index in [0.29, 0.717) is 6.42 Å². The van der Waals surface area contributed by atoms with E-state index < -0.39 is 11.7 Å². The maximum Gasteiger partial charge on any atom is 0.416 e. The van der Waals surface area contributed by atoms with Gasteiger partial charge in [0.1, 0.15) is 0 Å². The van der Waals surface area contributed by atoms with Crippen LogP contribution in [0.2, 0.25) is 0 Å². The molecule has 0 saturated heterocycles. The maximum atomic E-state index is 13.5. The summed E-state index contributed by atoms with van der Waals surface area (Å²) in [7, 11) is 0. The van der Waals surface area contributed by atoms with Crippen LogP contribution >= 0.6 is 11.3 Å². The minimum absolute atomic E-state index is 0.111. The molecule has 8 rings (SSSR count). The molecule has 214 valence electrons. The summed E-state index contributed by atoms with van der Waals surface area (Å²) in [6.45, 7) is 0. The molecule has 7 aromatic rings. The molecular weight excluding hydrogens is 571 g/mol. The van der Waals surface area contributed by atoms with Crippen molar-refractivity contribution >= 4 is 54.4 Å². The van der Waals surface area contributed by atoms with Crippen molar-refractivity contribution in [3.05, 3.63) is 149 Å². The van der Waals surface area contributed by atoms with Gasteiger partial charge in [-0.25, -0.2) is 0 Å². The average Bonchev–Trinajstić information content (AvgIpc) is 3.43. The zero-order valence-electron chi connectivity index (χ0n) is 23.6. The summed E-state index contributed by atoms with van der Waals surface area (Å²) in [6.07, 6.45) is -2.94. The van der Waals surface area contributed by atoms with Gasteiger partial charge in [-0.15, -0.1) is 11.3 Å². The number of nitrogens with zero attached hydrogens (tertiary/aromatic N) is 1. The van der Waals surface area contributed by atoms with Gasteiger partial charge in [0.05, 0.1) is 11.3 Å². The lowest BCUT2D eigenvalue weighted by Crippen LogP contribution is -2.07. The lowest BCUT2D eigenvalue weighted by molar-refractivity contribution is -0.137. The third-order valence-corrected chi connectivity index (χ3v) is 9.75.